The number of nitrogens with one attached hydrogen (secondary N) is 1. The molecule has 2 aromatic heterocycles. The number of benzene rings is 2. The Balaban J connectivity index is 1.44. The summed E-state index contributed by atoms with van der Waals surface area (Å²) >= 11 is 0. The van der Waals surface area contributed by atoms with Crippen LogP contribution < -0.4 is 11.1 Å². The van der Waals surface area contributed by atoms with Crippen LogP contribution in [0.1, 0.15) is 57.3 Å². The van der Waals surface area contributed by atoms with Gasteiger partial charge in [-0.3, -0.25) is 4.79 Å². The van der Waals surface area contributed by atoms with E-state index in [2.05, 4.69) is 51.7 Å². The van der Waals surface area contributed by atoms with Gasteiger partial charge in [-0.25, -0.2) is 9.78 Å². The van der Waals surface area contributed by atoms with Gasteiger partial charge in [-0.2, -0.15) is 0 Å². The van der Waals surface area contributed by atoms with Crippen molar-refractivity contribution in [3.63, 3.8) is 0 Å². The zero-order valence-corrected chi connectivity index (χ0v) is 23.9. The van der Waals surface area contributed by atoms with Crippen LogP contribution in [0.25, 0.3) is 33.5 Å². The molecule has 3 N–H and O–H groups in total. The molecule has 1 saturated heterocycles. The third-order valence-electron chi connectivity index (χ3n) is 7.37. The van der Waals surface area contributed by atoms with Crippen molar-refractivity contribution < 1.29 is 14.3 Å². The molecule has 1 fully saturated rings. The summed E-state index contributed by atoms with van der Waals surface area (Å²) in [7, 11) is 0. The number of ether oxygens (including phenoxy) is 1. The van der Waals surface area contributed by atoms with Gasteiger partial charge in [0.1, 0.15) is 5.60 Å². The second kappa shape index (κ2) is 11.3. The van der Waals surface area contributed by atoms with Crippen LogP contribution in [0.5, 0.6) is 0 Å². The highest BCUT2D eigenvalue weighted by molar-refractivity contribution is 5.98. The number of nitrogens with zero attached hydrogens (tertiary/aromatic N) is 4. The highest BCUT2D eigenvalue weighted by Crippen LogP contribution is 2.31. The lowest BCUT2D eigenvalue weighted by Crippen LogP contribution is -2.50. The number of imidazole rings is 1. The second-order valence-electron chi connectivity index (χ2n) is 11.5. The number of fused-ring (bicyclic) bond motifs is 2. The molecule has 212 valence electrons. The number of likely N-dealkylation sites (tertiary alicyclic amines) is 1. The number of carbonyl (C=O) groups excluding carboxylic acids is 2. The molecule has 4 aromatic rings. The highest BCUT2D eigenvalue weighted by atomic mass is 16.6. The summed E-state index contributed by atoms with van der Waals surface area (Å²) in [5.74, 6) is 0.823. The molecule has 9 heteroatoms. The van der Waals surface area contributed by atoms with Crippen molar-refractivity contribution in [1.29, 1.82) is 0 Å². The van der Waals surface area contributed by atoms with Gasteiger partial charge in [0.2, 0.25) is 0 Å². The molecule has 0 radical (unpaired) electrons. The van der Waals surface area contributed by atoms with Crippen LogP contribution in [0.2, 0.25) is 0 Å². The van der Waals surface area contributed by atoms with Crippen LogP contribution in [0, 0.1) is 0 Å². The molecule has 2 amide bonds. The number of hydrogen-bond donors (Lipinski definition) is 2. The van der Waals surface area contributed by atoms with Gasteiger partial charge in [-0.15, -0.1) is 0 Å². The number of rotatable bonds is 7. The molecule has 1 atom stereocenters. The monoisotopic (exact) mass is 544 g/mol. The first-order valence-corrected chi connectivity index (χ1v) is 14.3. The van der Waals surface area contributed by atoms with E-state index in [1.54, 1.807) is 0 Å². The quantitative estimate of drug-likeness (QED) is 0.334. The van der Waals surface area contributed by atoms with E-state index in [-0.39, 0.29) is 11.9 Å². The lowest BCUT2D eigenvalue weighted by molar-refractivity contribution is 0.0452. The van der Waals surface area contributed by atoms with Crippen molar-refractivity contribution >= 4 is 33.9 Å². The van der Waals surface area contributed by atoms with Crippen molar-refractivity contribution in [1.82, 2.24) is 24.3 Å². The van der Waals surface area contributed by atoms with Crippen LogP contribution >= 0.6 is 0 Å². The first-order valence-electron chi connectivity index (χ1n) is 14.3. The maximum Gasteiger partial charge on any atom is 0.407 e. The molecule has 0 bridgehead atoms. The molecule has 0 unspecified atom stereocenters. The average Bonchev–Trinajstić information content (AvgIpc) is 3.47. The molecule has 0 aliphatic carbocycles. The minimum absolute atomic E-state index is 0.0571. The number of amides is 2. The van der Waals surface area contributed by atoms with E-state index in [1.165, 1.54) is 10.9 Å². The molecule has 5 rings (SSSR count). The van der Waals surface area contributed by atoms with Crippen LogP contribution in [0.15, 0.2) is 48.5 Å². The fourth-order valence-electron chi connectivity index (χ4n) is 5.61. The van der Waals surface area contributed by atoms with E-state index in [4.69, 9.17) is 15.5 Å². The lowest BCUT2D eigenvalue weighted by Gasteiger charge is -2.33. The van der Waals surface area contributed by atoms with Gasteiger partial charge in [0.15, 0.2) is 5.82 Å². The van der Waals surface area contributed by atoms with Crippen molar-refractivity contribution in [3.8, 4) is 11.5 Å². The van der Waals surface area contributed by atoms with E-state index in [0.29, 0.717) is 25.2 Å². The Labute approximate surface area is 235 Å². The largest absolute Gasteiger partial charge is 0.444 e. The van der Waals surface area contributed by atoms with Gasteiger partial charge in [0.25, 0.3) is 5.91 Å². The summed E-state index contributed by atoms with van der Waals surface area (Å²) < 4.78 is 9.91. The van der Waals surface area contributed by atoms with Gasteiger partial charge in [0.05, 0.1) is 16.7 Å². The number of alkyl carbamates (subject to hydrolysis) is 1. The minimum Gasteiger partial charge on any atom is -0.444 e. The molecule has 3 heterocycles. The van der Waals surface area contributed by atoms with Crippen molar-refractivity contribution in [2.45, 2.75) is 71.7 Å². The first kappa shape index (κ1) is 27.7. The number of piperidine rings is 1. The SMILES string of the molecule is CCn1c(-c2nc3cc(C(=O)N4CCC[C@@H](NC(=O)OC(C)(C)C)C4)ccc3n2CCCN)cc2ccccc21. The second-order valence-corrected chi connectivity index (χ2v) is 11.5. The Morgan fingerprint density at radius 1 is 1.10 bits per heavy atom. The third-order valence-corrected chi connectivity index (χ3v) is 7.37. The van der Waals surface area contributed by atoms with Crippen molar-refractivity contribution in [3.05, 3.63) is 54.1 Å². The van der Waals surface area contributed by atoms with Gasteiger partial charge in [0, 0.05) is 48.7 Å². The molecule has 9 nitrogen and oxygen atoms in total. The zero-order valence-electron chi connectivity index (χ0n) is 23.9. The van der Waals surface area contributed by atoms with Gasteiger partial charge in [-0.05, 0) is 83.8 Å². The highest BCUT2D eigenvalue weighted by Gasteiger charge is 2.28. The number of aryl methyl sites for hydroxylation is 2. The Bertz CT molecular complexity index is 1530. The number of nitrogens with two attached hydrogens (primary N) is 1. The normalized spacial score (nSPS) is 16.0. The number of carbonyl (C=O) groups is 2. The van der Waals surface area contributed by atoms with E-state index < -0.39 is 11.7 Å². The maximum absolute atomic E-state index is 13.6. The summed E-state index contributed by atoms with van der Waals surface area (Å²) in [5.41, 5.74) is 9.91. The van der Waals surface area contributed by atoms with E-state index in [0.717, 1.165) is 54.9 Å². The topological polar surface area (TPSA) is 107 Å². The van der Waals surface area contributed by atoms with Gasteiger partial charge in [-0.1, -0.05) is 18.2 Å². The molecule has 1 aliphatic heterocycles. The van der Waals surface area contributed by atoms with Crippen LogP contribution in [0.4, 0.5) is 4.79 Å². The third kappa shape index (κ3) is 5.70. The van der Waals surface area contributed by atoms with E-state index in [1.807, 2.05) is 43.9 Å². The standard InChI is InChI=1S/C31H40N6O3/c1-5-36-25-12-7-6-10-21(25)19-27(36)28-34-24-18-22(13-14-26(24)37(28)17-9-15-32)29(38)35-16-8-11-23(20-35)33-30(39)40-31(2,3)4/h6-7,10,12-14,18-19,23H,5,8-9,11,15-17,20,32H2,1-4H3,(H,33,39)/t23-/m1/s1. The Morgan fingerprint density at radius 3 is 2.65 bits per heavy atom. The fourth-order valence-corrected chi connectivity index (χ4v) is 5.61. The van der Waals surface area contributed by atoms with E-state index >= 15 is 0 Å². The summed E-state index contributed by atoms with van der Waals surface area (Å²) in [5, 5.41) is 4.10. The Hall–Kier alpha value is -3.85. The summed E-state index contributed by atoms with van der Waals surface area (Å²) in [6.45, 7) is 10.9. The van der Waals surface area contributed by atoms with Crippen molar-refractivity contribution in [2.75, 3.05) is 19.6 Å². The van der Waals surface area contributed by atoms with E-state index in [9.17, 15) is 9.59 Å². The predicted molar refractivity (Wildman–Crippen MR) is 158 cm³/mol. The fraction of sp³-hybridized carbons (Fsp3) is 0.452. The molecule has 1 aliphatic rings. The smallest absolute Gasteiger partial charge is 0.407 e. The predicted octanol–water partition coefficient (Wildman–Crippen LogP) is 5.16. The Kier molecular flexibility index (Phi) is 7.85. The Morgan fingerprint density at radius 2 is 1.90 bits per heavy atom. The summed E-state index contributed by atoms with van der Waals surface area (Å²) in [4.78, 5) is 32.8. The maximum atomic E-state index is 13.6. The van der Waals surface area contributed by atoms with Gasteiger partial charge < -0.3 is 29.8 Å². The molecular formula is C31H40N6O3. The molecule has 40 heavy (non-hydrogen) atoms. The van der Waals surface area contributed by atoms with Crippen LogP contribution in [-0.4, -0.2) is 62.3 Å². The minimum atomic E-state index is -0.568. The zero-order chi connectivity index (χ0) is 28.4. The van der Waals surface area contributed by atoms with Crippen LogP contribution in [-0.2, 0) is 17.8 Å². The molecule has 0 spiro atoms. The number of aromatic nitrogens is 3. The molecule has 0 saturated carbocycles. The molecular weight excluding hydrogens is 504 g/mol. The van der Waals surface area contributed by atoms with Gasteiger partial charge >= 0.3 is 6.09 Å². The first-order chi connectivity index (χ1) is 19.2. The summed E-state index contributed by atoms with van der Waals surface area (Å²) in [6, 6.07) is 16.2. The molecule has 2 aromatic carbocycles. The lowest BCUT2D eigenvalue weighted by atomic mass is 10.0. The van der Waals surface area contributed by atoms with Crippen molar-refractivity contribution in [2.24, 2.45) is 5.73 Å². The summed E-state index contributed by atoms with van der Waals surface area (Å²) in [6.07, 6.45) is 2.00. The number of para-hydroxylation sites is 1. The van der Waals surface area contributed by atoms with Crippen LogP contribution in [0.3, 0.4) is 0 Å². The number of hydrogen-bond acceptors (Lipinski definition) is 5. The average molecular weight is 545 g/mol.